The Morgan fingerprint density at radius 1 is 1.50 bits per heavy atom. The molecule has 0 aromatic carbocycles. The second kappa shape index (κ2) is 3.23. The van der Waals surface area contributed by atoms with Crippen LogP contribution >= 0.6 is 0 Å². The molecule has 0 rings (SSSR count). The molecule has 0 fully saturated rings. The van der Waals surface area contributed by atoms with Gasteiger partial charge in [0, 0.05) is 0 Å². The number of Topliss-reactive ketones (excluding diaryl/α,β-unsaturated/α-hetero) is 1. The molecule has 0 amide bonds. The first-order chi connectivity index (χ1) is 3.68. The predicted octanol–water partition coefficient (Wildman–Crippen LogP) is 0.484. The summed E-state index contributed by atoms with van der Waals surface area (Å²) in [4.78, 5) is 18.9. The van der Waals surface area contributed by atoms with Gasteiger partial charge in [0.15, 0.2) is 0 Å². The Bertz CT molecular complexity index is 100. The maximum Gasteiger partial charge on any atom is 0.375 e. The number of carbonyl (C=O) groups is 1. The van der Waals surface area contributed by atoms with Crippen molar-refractivity contribution < 1.29 is 18.4 Å². The quantitative estimate of drug-likeness (QED) is 0.507. The summed E-state index contributed by atoms with van der Waals surface area (Å²) in [6, 6.07) is 0. The molecular formula is C4H2F2O2. The fraction of sp³-hybridized carbons (Fsp3) is 0.250. The monoisotopic (exact) mass is 120 g/mol. The molecule has 2 nitrogen and oxygen atoms in total. The second-order valence-corrected chi connectivity index (χ2v) is 1.00. The molecule has 0 aromatic rings. The highest BCUT2D eigenvalue weighted by atomic mass is 19.3. The van der Waals surface area contributed by atoms with Crippen molar-refractivity contribution in [2.75, 3.05) is 0 Å². The number of hydrogen-bond donors (Lipinski definition) is 0. The van der Waals surface area contributed by atoms with Crippen LogP contribution in [0, 0.1) is 6.43 Å². The molecule has 0 aromatic heterocycles. The van der Waals surface area contributed by atoms with Gasteiger partial charge in [-0.25, -0.2) is 0 Å². The lowest BCUT2D eigenvalue weighted by Crippen LogP contribution is -2.01. The van der Waals surface area contributed by atoms with Crippen LogP contribution in [0.15, 0.2) is 0 Å². The molecular weight excluding hydrogens is 118 g/mol. The highest BCUT2D eigenvalue weighted by Gasteiger charge is 2.16. The van der Waals surface area contributed by atoms with Crippen molar-refractivity contribution in [2.24, 2.45) is 0 Å². The number of halogens is 2. The molecule has 2 radical (unpaired) electrons. The standard InChI is InChI=1S/C4H2F2O2/c5-4(6)3(8)1-2-7/h1H2. The fourth-order valence-electron chi connectivity index (χ4n) is 0.132. The molecule has 0 aliphatic heterocycles. The van der Waals surface area contributed by atoms with E-state index in [-0.39, 0.29) is 0 Å². The van der Waals surface area contributed by atoms with E-state index in [2.05, 4.69) is 0 Å². The molecule has 0 spiro atoms. The third kappa shape index (κ3) is 2.39. The molecule has 0 heterocycles. The topological polar surface area (TPSA) is 34.1 Å². The highest BCUT2D eigenvalue weighted by Crippen LogP contribution is 2.04. The Morgan fingerprint density at radius 3 is 2.12 bits per heavy atom. The molecule has 8 heavy (non-hydrogen) atoms. The normalized spacial score (nSPS) is 9.38. The van der Waals surface area contributed by atoms with Crippen LogP contribution in [0.1, 0.15) is 6.42 Å². The van der Waals surface area contributed by atoms with E-state index in [1.54, 1.807) is 0 Å². The van der Waals surface area contributed by atoms with Crippen LogP contribution in [0.25, 0.3) is 0 Å². The predicted molar refractivity (Wildman–Crippen MR) is 20.8 cm³/mol. The highest BCUT2D eigenvalue weighted by molar-refractivity contribution is 5.96. The molecule has 0 saturated heterocycles. The Kier molecular flexibility index (Phi) is 2.91. The van der Waals surface area contributed by atoms with E-state index in [1.807, 2.05) is 0 Å². The molecule has 0 aliphatic carbocycles. The third-order valence-electron chi connectivity index (χ3n) is 0.444. The average Bonchev–Trinajstić information content (AvgIpc) is 1.67. The zero-order valence-corrected chi connectivity index (χ0v) is 3.78. The van der Waals surface area contributed by atoms with E-state index in [4.69, 9.17) is 0 Å². The van der Waals surface area contributed by atoms with E-state index >= 15 is 0 Å². The minimum Gasteiger partial charge on any atom is -0.292 e. The Morgan fingerprint density at radius 2 is 2.00 bits per heavy atom. The van der Waals surface area contributed by atoms with Crippen molar-refractivity contribution in [1.82, 2.24) is 0 Å². The molecule has 0 N–H and O–H groups in total. The summed E-state index contributed by atoms with van der Waals surface area (Å²) in [6.45, 7) is 0. The van der Waals surface area contributed by atoms with Gasteiger partial charge in [0.2, 0.25) is 12.1 Å². The van der Waals surface area contributed by atoms with Crippen LogP contribution in [0.2, 0.25) is 0 Å². The van der Waals surface area contributed by atoms with Gasteiger partial charge in [0.25, 0.3) is 0 Å². The van der Waals surface area contributed by atoms with Crippen LogP contribution in [-0.4, -0.2) is 12.1 Å². The summed E-state index contributed by atoms with van der Waals surface area (Å²) >= 11 is 0. The number of carbonyl (C=O) groups excluding carboxylic acids is 2. The first kappa shape index (κ1) is 7.20. The number of ketones is 1. The van der Waals surface area contributed by atoms with Crippen molar-refractivity contribution in [3.05, 3.63) is 6.43 Å². The summed E-state index contributed by atoms with van der Waals surface area (Å²) in [5, 5.41) is 0. The SMILES string of the molecule is O=[C]CC(=O)[C](F)F. The van der Waals surface area contributed by atoms with Crippen LogP contribution in [0.5, 0.6) is 0 Å². The summed E-state index contributed by atoms with van der Waals surface area (Å²) in [7, 11) is 0. The minimum atomic E-state index is -2.34. The first-order valence-corrected chi connectivity index (χ1v) is 1.74. The van der Waals surface area contributed by atoms with Crippen molar-refractivity contribution >= 4 is 12.1 Å². The van der Waals surface area contributed by atoms with Crippen molar-refractivity contribution in [1.29, 1.82) is 0 Å². The van der Waals surface area contributed by atoms with E-state index in [0.29, 0.717) is 0 Å². The Balaban J connectivity index is 3.48. The van der Waals surface area contributed by atoms with Gasteiger partial charge < -0.3 is 0 Å². The van der Waals surface area contributed by atoms with Crippen LogP contribution < -0.4 is 0 Å². The van der Waals surface area contributed by atoms with Crippen molar-refractivity contribution in [3.63, 3.8) is 0 Å². The summed E-state index contributed by atoms with van der Waals surface area (Å²) < 4.78 is 22.0. The summed E-state index contributed by atoms with van der Waals surface area (Å²) in [5.41, 5.74) is 0. The van der Waals surface area contributed by atoms with Gasteiger partial charge >= 0.3 is 6.43 Å². The zero-order chi connectivity index (χ0) is 6.57. The molecule has 4 heteroatoms. The summed E-state index contributed by atoms with van der Waals surface area (Å²) in [5.74, 6) is -1.46. The third-order valence-corrected chi connectivity index (χ3v) is 0.444. The van der Waals surface area contributed by atoms with E-state index in [0.717, 1.165) is 6.29 Å². The molecule has 44 valence electrons. The van der Waals surface area contributed by atoms with Crippen LogP contribution in [0.4, 0.5) is 8.78 Å². The first-order valence-electron chi connectivity index (χ1n) is 1.74. The van der Waals surface area contributed by atoms with Gasteiger partial charge in [0.1, 0.15) is 0 Å². The smallest absolute Gasteiger partial charge is 0.292 e. The van der Waals surface area contributed by atoms with Crippen LogP contribution in [-0.2, 0) is 9.59 Å². The fourth-order valence-corrected chi connectivity index (χ4v) is 0.132. The van der Waals surface area contributed by atoms with Crippen molar-refractivity contribution in [3.8, 4) is 0 Å². The maximum atomic E-state index is 11.0. The lowest BCUT2D eigenvalue weighted by atomic mass is 10.3. The van der Waals surface area contributed by atoms with Gasteiger partial charge in [-0.05, 0) is 0 Å². The van der Waals surface area contributed by atoms with Gasteiger partial charge in [-0.15, -0.1) is 0 Å². The van der Waals surface area contributed by atoms with E-state index in [1.165, 1.54) is 0 Å². The molecule has 0 atom stereocenters. The minimum absolute atomic E-state index is 0.845. The van der Waals surface area contributed by atoms with Crippen molar-refractivity contribution in [2.45, 2.75) is 6.42 Å². The Labute approximate surface area is 44.5 Å². The maximum absolute atomic E-state index is 11.0. The Hall–Kier alpha value is -0.800. The van der Waals surface area contributed by atoms with E-state index in [9.17, 15) is 18.4 Å². The van der Waals surface area contributed by atoms with Gasteiger partial charge in [-0.2, -0.15) is 8.78 Å². The lowest BCUT2D eigenvalue weighted by Gasteiger charge is -1.84. The molecule has 0 bridgehead atoms. The van der Waals surface area contributed by atoms with Gasteiger partial charge in [-0.3, -0.25) is 9.59 Å². The average molecular weight is 120 g/mol. The molecule has 0 saturated carbocycles. The summed E-state index contributed by atoms with van der Waals surface area (Å²) in [6.07, 6.45) is -2.14. The number of hydrogen-bond acceptors (Lipinski definition) is 2. The molecule has 0 unspecified atom stereocenters. The second-order valence-electron chi connectivity index (χ2n) is 1.00. The van der Waals surface area contributed by atoms with E-state index < -0.39 is 18.6 Å². The zero-order valence-electron chi connectivity index (χ0n) is 3.78. The lowest BCUT2D eigenvalue weighted by molar-refractivity contribution is -0.121. The van der Waals surface area contributed by atoms with Gasteiger partial charge in [0.05, 0.1) is 6.42 Å². The van der Waals surface area contributed by atoms with Crippen LogP contribution in [0.3, 0.4) is 0 Å². The number of rotatable bonds is 3. The van der Waals surface area contributed by atoms with Gasteiger partial charge in [-0.1, -0.05) is 0 Å². The largest absolute Gasteiger partial charge is 0.375 e. The molecule has 0 aliphatic rings.